The third kappa shape index (κ3) is 2.52. The zero-order valence-corrected chi connectivity index (χ0v) is 10.1. The van der Waals surface area contributed by atoms with Gasteiger partial charge in [-0.05, 0) is 40.2 Å². The molecule has 0 amide bonds. The van der Waals surface area contributed by atoms with Gasteiger partial charge in [-0.25, -0.2) is 4.98 Å². The maximum atomic E-state index is 9.60. The van der Waals surface area contributed by atoms with E-state index in [0.29, 0.717) is 0 Å². The van der Waals surface area contributed by atoms with Gasteiger partial charge in [0.25, 0.3) is 0 Å². The van der Waals surface area contributed by atoms with Crippen LogP contribution in [0.4, 0.5) is 0 Å². The number of halogens is 1. The summed E-state index contributed by atoms with van der Waals surface area (Å²) >= 11 is 4.85. The summed E-state index contributed by atoms with van der Waals surface area (Å²) in [6.45, 7) is 0. The van der Waals surface area contributed by atoms with Crippen LogP contribution in [0, 0.1) is 0 Å². The van der Waals surface area contributed by atoms with Crippen LogP contribution in [0.15, 0.2) is 57.0 Å². The van der Waals surface area contributed by atoms with Crippen molar-refractivity contribution in [2.45, 2.75) is 9.92 Å². The second-order valence-electron chi connectivity index (χ2n) is 2.86. The predicted molar refractivity (Wildman–Crippen MR) is 64.2 cm³/mol. The molecule has 2 nitrogen and oxygen atoms in total. The number of nitrogens with zero attached hydrogens (tertiary/aromatic N) is 1. The van der Waals surface area contributed by atoms with Crippen LogP contribution in [-0.4, -0.2) is 10.1 Å². The van der Waals surface area contributed by atoms with Gasteiger partial charge in [0.05, 0.1) is 9.37 Å². The van der Waals surface area contributed by atoms with E-state index in [1.54, 1.807) is 18.3 Å². The van der Waals surface area contributed by atoms with E-state index in [9.17, 15) is 5.11 Å². The van der Waals surface area contributed by atoms with Crippen molar-refractivity contribution in [2.24, 2.45) is 0 Å². The molecule has 0 bridgehead atoms. The highest BCUT2D eigenvalue weighted by atomic mass is 79.9. The average molecular weight is 282 g/mol. The van der Waals surface area contributed by atoms with Gasteiger partial charge in [-0.1, -0.05) is 23.9 Å². The molecule has 1 aromatic heterocycles. The van der Waals surface area contributed by atoms with Crippen molar-refractivity contribution in [1.29, 1.82) is 0 Å². The van der Waals surface area contributed by atoms with Crippen molar-refractivity contribution in [3.05, 3.63) is 47.1 Å². The Kier molecular flexibility index (Phi) is 3.28. The standard InChI is InChI=1S/C11H8BrNOS/c12-8-4-3-7-13-11(8)15-10-6-2-1-5-9(10)14/h1-7,14H. The maximum Gasteiger partial charge on any atom is 0.129 e. The first kappa shape index (κ1) is 10.5. The minimum Gasteiger partial charge on any atom is -0.507 e. The van der Waals surface area contributed by atoms with Gasteiger partial charge >= 0.3 is 0 Å². The number of rotatable bonds is 2. The Morgan fingerprint density at radius 1 is 1.13 bits per heavy atom. The minimum atomic E-state index is 0.278. The van der Waals surface area contributed by atoms with Crippen LogP contribution in [0.2, 0.25) is 0 Å². The first-order chi connectivity index (χ1) is 7.27. The maximum absolute atomic E-state index is 9.60. The van der Waals surface area contributed by atoms with Crippen LogP contribution in [0.5, 0.6) is 5.75 Å². The van der Waals surface area contributed by atoms with E-state index in [-0.39, 0.29) is 5.75 Å². The molecule has 76 valence electrons. The van der Waals surface area contributed by atoms with Gasteiger partial charge < -0.3 is 5.11 Å². The Hall–Kier alpha value is -1.00. The van der Waals surface area contributed by atoms with Gasteiger partial charge in [0, 0.05) is 6.20 Å². The number of aromatic hydroxyl groups is 1. The summed E-state index contributed by atoms with van der Waals surface area (Å²) < 4.78 is 0.929. The van der Waals surface area contributed by atoms with E-state index in [4.69, 9.17) is 0 Å². The normalized spacial score (nSPS) is 10.2. The zero-order chi connectivity index (χ0) is 10.7. The number of para-hydroxylation sites is 1. The Bertz CT molecular complexity index is 432. The van der Waals surface area contributed by atoms with Crippen molar-refractivity contribution in [1.82, 2.24) is 4.98 Å². The lowest BCUT2D eigenvalue weighted by Crippen LogP contribution is -1.81. The number of phenolic OH excluding ortho intramolecular Hbond substituents is 1. The van der Waals surface area contributed by atoms with E-state index in [2.05, 4.69) is 20.9 Å². The molecule has 1 heterocycles. The number of phenols is 1. The van der Waals surface area contributed by atoms with Crippen molar-refractivity contribution in [2.75, 3.05) is 0 Å². The van der Waals surface area contributed by atoms with Crippen LogP contribution in [0.3, 0.4) is 0 Å². The molecule has 0 radical (unpaired) electrons. The summed E-state index contributed by atoms with van der Waals surface area (Å²) in [6, 6.07) is 11.0. The first-order valence-corrected chi connectivity index (χ1v) is 5.94. The predicted octanol–water partition coefficient (Wildman–Crippen LogP) is 3.70. The molecule has 0 saturated carbocycles. The van der Waals surface area contributed by atoms with E-state index in [1.165, 1.54) is 11.8 Å². The molecule has 0 aliphatic heterocycles. The zero-order valence-electron chi connectivity index (χ0n) is 7.72. The van der Waals surface area contributed by atoms with Gasteiger partial charge in [0.1, 0.15) is 10.8 Å². The summed E-state index contributed by atoms with van der Waals surface area (Å²) in [6.07, 6.45) is 1.73. The lowest BCUT2D eigenvalue weighted by Gasteiger charge is -2.04. The molecule has 0 saturated heterocycles. The van der Waals surface area contributed by atoms with E-state index in [0.717, 1.165) is 14.4 Å². The fourth-order valence-electron chi connectivity index (χ4n) is 1.09. The van der Waals surface area contributed by atoms with E-state index >= 15 is 0 Å². The summed E-state index contributed by atoms with van der Waals surface area (Å²) in [5.74, 6) is 0.278. The van der Waals surface area contributed by atoms with Gasteiger partial charge in [0.2, 0.25) is 0 Å². The second-order valence-corrected chi connectivity index (χ2v) is 4.75. The molecule has 0 unspecified atom stereocenters. The van der Waals surface area contributed by atoms with Crippen LogP contribution in [0.1, 0.15) is 0 Å². The molecule has 2 rings (SSSR count). The Labute approximate surface area is 100 Å². The fourth-order valence-corrected chi connectivity index (χ4v) is 2.40. The monoisotopic (exact) mass is 281 g/mol. The molecule has 0 aliphatic carbocycles. The minimum absolute atomic E-state index is 0.278. The SMILES string of the molecule is Oc1ccccc1Sc1ncccc1Br. The van der Waals surface area contributed by atoms with Gasteiger partial charge in [-0.15, -0.1) is 0 Å². The van der Waals surface area contributed by atoms with Gasteiger partial charge in [-0.2, -0.15) is 0 Å². The van der Waals surface area contributed by atoms with Crippen LogP contribution < -0.4 is 0 Å². The second kappa shape index (κ2) is 4.68. The van der Waals surface area contributed by atoms with Crippen LogP contribution in [0.25, 0.3) is 0 Å². The molecule has 0 aliphatic rings. The van der Waals surface area contributed by atoms with E-state index < -0.39 is 0 Å². The lowest BCUT2D eigenvalue weighted by molar-refractivity contribution is 0.462. The lowest BCUT2D eigenvalue weighted by atomic mass is 10.3. The van der Waals surface area contributed by atoms with Crippen molar-refractivity contribution in [3.8, 4) is 5.75 Å². The molecule has 0 atom stereocenters. The number of hydrogen-bond donors (Lipinski definition) is 1. The first-order valence-electron chi connectivity index (χ1n) is 4.34. The molecule has 0 fully saturated rings. The quantitative estimate of drug-likeness (QED) is 0.911. The summed E-state index contributed by atoms with van der Waals surface area (Å²) in [5.41, 5.74) is 0. The van der Waals surface area contributed by atoms with Crippen molar-refractivity contribution in [3.63, 3.8) is 0 Å². The fraction of sp³-hybridized carbons (Fsp3) is 0. The Balaban J connectivity index is 2.30. The Morgan fingerprint density at radius 2 is 1.93 bits per heavy atom. The summed E-state index contributed by atoms with van der Waals surface area (Å²) in [7, 11) is 0. The highest BCUT2D eigenvalue weighted by Crippen LogP contribution is 2.35. The van der Waals surface area contributed by atoms with E-state index in [1.807, 2.05) is 24.3 Å². The average Bonchev–Trinajstić information content (AvgIpc) is 2.24. The van der Waals surface area contributed by atoms with Crippen LogP contribution in [-0.2, 0) is 0 Å². The van der Waals surface area contributed by atoms with Crippen LogP contribution >= 0.6 is 27.7 Å². The largest absolute Gasteiger partial charge is 0.507 e. The third-order valence-electron chi connectivity index (χ3n) is 1.80. The summed E-state index contributed by atoms with van der Waals surface area (Å²) in [4.78, 5) is 5.02. The molecule has 4 heteroatoms. The molecule has 0 spiro atoms. The molecule has 2 aromatic rings. The molecule has 1 N–H and O–H groups in total. The number of pyridine rings is 1. The highest BCUT2D eigenvalue weighted by molar-refractivity contribution is 9.10. The number of aromatic nitrogens is 1. The molecule has 15 heavy (non-hydrogen) atoms. The van der Waals surface area contributed by atoms with Crippen molar-refractivity contribution < 1.29 is 5.11 Å². The topological polar surface area (TPSA) is 33.1 Å². The number of benzene rings is 1. The van der Waals surface area contributed by atoms with Gasteiger partial charge in [-0.3, -0.25) is 0 Å². The molecule has 1 aromatic carbocycles. The smallest absolute Gasteiger partial charge is 0.129 e. The molecular formula is C11H8BrNOS. The highest BCUT2D eigenvalue weighted by Gasteiger charge is 2.05. The van der Waals surface area contributed by atoms with Gasteiger partial charge in [0.15, 0.2) is 0 Å². The summed E-state index contributed by atoms with van der Waals surface area (Å²) in [5, 5.41) is 10.4. The third-order valence-corrected chi connectivity index (χ3v) is 3.78. The van der Waals surface area contributed by atoms with Crippen molar-refractivity contribution >= 4 is 27.7 Å². The molecular weight excluding hydrogens is 274 g/mol. The Morgan fingerprint density at radius 3 is 2.67 bits per heavy atom. The number of hydrogen-bond acceptors (Lipinski definition) is 3.